The first-order chi connectivity index (χ1) is 27.6. The summed E-state index contributed by atoms with van der Waals surface area (Å²) in [6, 6.07) is 24.3. The van der Waals surface area contributed by atoms with Gasteiger partial charge in [0.2, 0.25) is 5.91 Å². The molecular weight excluding hydrogens is 717 g/mol. The third kappa shape index (κ3) is 16.9. The number of ketones is 1. The smallest absolute Gasteiger partial charge is 0.214 e. The predicted molar refractivity (Wildman–Crippen MR) is 255 cm³/mol. The number of benzene rings is 4. The summed E-state index contributed by atoms with van der Waals surface area (Å²) in [7, 11) is 0. The van der Waals surface area contributed by atoms with Crippen molar-refractivity contribution in [1.29, 1.82) is 5.41 Å². The standard InChI is InChI=1S/C38H36N2O2.3C3H8.C2H5NO.C2H7N/c1-23(31-14-6-12-28-13-8-16-34(40)38(28)31)17-18-29-19-20-30(37(29)36(25(3)41)26(4)42)21-22-33(39)32-15-7-11-27-10-5-9-24(2)35(27)32;3*1-3-2;1-2(3)4;1-2-3/h5-18,21-22,39,41H,19-20,40H2,1-4H3;3*3H2,1-2H3;1H3,(H2,3,4);2-3H2,1H3/b22-21?,23-17+,29-18+,36-25?,39-33?;;;;;. The van der Waals surface area contributed by atoms with E-state index in [-0.39, 0.29) is 17.4 Å². The van der Waals surface area contributed by atoms with Crippen molar-refractivity contribution in [2.75, 3.05) is 12.3 Å². The monoisotopic (exact) mass is 789 g/mol. The van der Waals surface area contributed by atoms with Crippen LogP contribution in [0.2, 0.25) is 0 Å². The number of hydrogen-bond donors (Lipinski definition) is 5. The molecule has 4 aromatic carbocycles. The summed E-state index contributed by atoms with van der Waals surface area (Å²) in [5, 5.41) is 23.8. The Morgan fingerprint density at radius 3 is 1.67 bits per heavy atom. The highest BCUT2D eigenvalue weighted by Gasteiger charge is 2.25. The van der Waals surface area contributed by atoms with Crippen LogP contribution in [-0.4, -0.2) is 29.1 Å². The van der Waals surface area contributed by atoms with E-state index in [9.17, 15) is 14.7 Å². The van der Waals surface area contributed by atoms with E-state index < -0.39 is 0 Å². The van der Waals surface area contributed by atoms with E-state index in [1.165, 1.54) is 33.1 Å². The highest BCUT2D eigenvalue weighted by Crippen LogP contribution is 2.39. The number of aliphatic hydroxyl groups is 1. The molecule has 0 aliphatic heterocycles. The van der Waals surface area contributed by atoms with Crippen LogP contribution in [-0.2, 0) is 9.59 Å². The summed E-state index contributed by atoms with van der Waals surface area (Å²) in [4.78, 5) is 22.0. The molecule has 0 bridgehead atoms. The van der Waals surface area contributed by atoms with E-state index in [0.29, 0.717) is 17.7 Å². The minimum absolute atomic E-state index is 0.00140. The average Bonchev–Trinajstić information content (AvgIpc) is 3.55. The van der Waals surface area contributed by atoms with Crippen LogP contribution < -0.4 is 17.2 Å². The zero-order valence-electron chi connectivity index (χ0n) is 37.5. The Labute approximate surface area is 350 Å². The molecule has 0 atom stereocenters. The maximum Gasteiger partial charge on any atom is 0.214 e. The lowest BCUT2D eigenvalue weighted by Gasteiger charge is -2.12. The van der Waals surface area contributed by atoms with Gasteiger partial charge in [0.15, 0.2) is 5.78 Å². The molecule has 1 aliphatic carbocycles. The third-order valence-electron chi connectivity index (χ3n) is 8.02. The van der Waals surface area contributed by atoms with E-state index >= 15 is 0 Å². The molecule has 0 aromatic heterocycles. The molecular formula is C51H72N4O3. The molecule has 0 saturated heterocycles. The second-order valence-corrected chi connectivity index (χ2v) is 14.1. The molecule has 4 aromatic rings. The Hall–Kier alpha value is -5.53. The number of primary amides is 1. The number of carbonyl (C=O) groups is 2. The van der Waals surface area contributed by atoms with Crippen molar-refractivity contribution in [1.82, 2.24) is 0 Å². The first-order valence-electron chi connectivity index (χ1n) is 20.6. The molecule has 0 radical (unpaired) electrons. The summed E-state index contributed by atoms with van der Waals surface area (Å²) < 4.78 is 0. The van der Waals surface area contributed by atoms with E-state index in [1.54, 1.807) is 6.92 Å². The van der Waals surface area contributed by atoms with Gasteiger partial charge >= 0.3 is 0 Å². The van der Waals surface area contributed by atoms with E-state index in [1.807, 2.05) is 55.5 Å². The van der Waals surface area contributed by atoms with E-state index in [2.05, 4.69) is 110 Å². The van der Waals surface area contributed by atoms with Crippen molar-refractivity contribution in [2.45, 2.75) is 115 Å². The highest BCUT2D eigenvalue weighted by atomic mass is 16.3. The number of anilines is 1. The number of nitrogens with one attached hydrogen (secondary N) is 1. The minimum Gasteiger partial charge on any atom is -0.512 e. The lowest BCUT2D eigenvalue weighted by Crippen LogP contribution is -2.05. The molecule has 8 N–H and O–H groups in total. The van der Waals surface area contributed by atoms with Gasteiger partial charge in [-0.25, -0.2) is 0 Å². The van der Waals surface area contributed by atoms with Crippen molar-refractivity contribution in [3.05, 3.63) is 142 Å². The molecule has 1 aliphatic rings. The fraction of sp³-hybridized carbons (Fsp3) is 0.353. The van der Waals surface area contributed by atoms with Crippen LogP contribution in [0.4, 0.5) is 5.69 Å². The predicted octanol–water partition coefficient (Wildman–Crippen LogP) is 13.1. The number of aliphatic hydroxyl groups excluding tert-OH is 1. The number of allylic oxidation sites excluding steroid dienone is 10. The molecule has 1 amide bonds. The molecule has 0 saturated carbocycles. The quantitative estimate of drug-likeness (QED) is 0.0545. The van der Waals surface area contributed by atoms with Gasteiger partial charge in [-0.3, -0.25) is 9.59 Å². The zero-order valence-corrected chi connectivity index (χ0v) is 37.5. The van der Waals surface area contributed by atoms with Crippen LogP contribution in [0.3, 0.4) is 0 Å². The molecule has 5 rings (SSSR count). The van der Waals surface area contributed by atoms with Gasteiger partial charge in [-0.05, 0) is 109 Å². The number of aryl methyl sites for hydroxylation is 1. The number of hydrogen-bond acceptors (Lipinski definition) is 6. The van der Waals surface area contributed by atoms with Crippen LogP contribution in [0.15, 0.2) is 125 Å². The number of Topliss-reactive ketones (excluding diaryl/α,β-unsaturated/α-hetero) is 1. The lowest BCUT2D eigenvalue weighted by molar-refractivity contribution is -0.116. The molecule has 58 heavy (non-hydrogen) atoms. The van der Waals surface area contributed by atoms with Gasteiger partial charge in [0.05, 0.1) is 11.3 Å². The number of nitrogen functional groups attached to an aromatic ring is 1. The Balaban J connectivity index is 0.00000175. The van der Waals surface area contributed by atoms with Crippen LogP contribution >= 0.6 is 0 Å². The summed E-state index contributed by atoms with van der Waals surface area (Å²) in [6.45, 7) is 23.9. The number of nitrogens with two attached hydrogens (primary N) is 3. The summed E-state index contributed by atoms with van der Waals surface area (Å²) in [5.41, 5.74) is 23.9. The Bertz CT molecular complexity index is 2070. The summed E-state index contributed by atoms with van der Waals surface area (Å²) in [5.74, 6) is -0.524. The number of amides is 1. The lowest BCUT2D eigenvalue weighted by atomic mass is 9.92. The van der Waals surface area contributed by atoms with Crippen molar-refractivity contribution < 1.29 is 14.7 Å². The summed E-state index contributed by atoms with van der Waals surface area (Å²) >= 11 is 0. The SMILES string of the molecule is CC(=O)C(=C(C)O)C1=C(C=CC(=N)c2cccc3cccc(C)c23)CC/C1=C\C=C(/C)c1cccc2cccc(N)c12.CC(N)=O.CCC.CCC.CCC.CCN. The molecule has 7 nitrogen and oxygen atoms in total. The van der Waals surface area contributed by atoms with Gasteiger partial charge in [0.25, 0.3) is 0 Å². The number of fused-ring (bicyclic) bond motifs is 2. The minimum atomic E-state index is -0.333. The second-order valence-electron chi connectivity index (χ2n) is 14.1. The van der Waals surface area contributed by atoms with Crippen molar-refractivity contribution in [3.63, 3.8) is 0 Å². The molecule has 0 spiro atoms. The van der Waals surface area contributed by atoms with Crippen LogP contribution in [0.25, 0.3) is 27.1 Å². The first-order valence-corrected chi connectivity index (χ1v) is 20.6. The second kappa shape index (κ2) is 28.8. The fourth-order valence-corrected chi connectivity index (χ4v) is 6.03. The van der Waals surface area contributed by atoms with E-state index in [4.69, 9.17) is 16.9 Å². The van der Waals surface area contributed by atoms with Crippen molar-refractivity contribution in [2.24, 2.45) is 11.5 Å². The van der Waals surface area contributed by atoms with Gasteiger partial charge in [0, 0.05) is 23.6 Å². The topological polar surface area (TPSA) is 156 Å². The Morgan fingerprint density at radius 1 is 0.741 bits per heavy atom. The average molecular weight is 789 g/mol. The maximum absolute atomic E-state index is 12.8. The van der Waals surface area contributed by atoms with Gasteiger partial charge < -0.3 is 27.7 Å². The number of rotatable bonds is 7. The normalized spacial score (nSPS) is 13.1. The third-order valence-corrected chi connectivity index (χ3v) is 8.02. The largest absolute Gasteiger partial charge is 0.512 e. The molecule has 314 valence electrons. The van der Waals surface area contributed by atoms with Crippen molar-refractivity contribution >= 4 is 50.2 Å². The molecule has 0 fully saturated rings. The molecule has 7 heteroatoms. The number of carbonyl (C=O) groups excluding carboxylic acids is 2. The zero-order chi connectivity index (χ0) is 44.4. The Kier molecular flexibility index (Phi) is 26.1. The van der Waals surface area contributed by atoms with Gasteiger partial charge in [-0.1, -0.05) is 153 Å². The fourth-order valence-electron chi connectivity index (χ4n) is 6.03. The molecule has 0 heterocycles. The summed E-state index contributed by atoms with van der Waals surface area (Å²) in [6.07, 6.45) is 13.0. The maximum atomic E-state index is 12.8. The van der Waals surface area contributed by atoms with Crippen LogP contribution in [0.5, 0.6) is 0 Å². The first kappa shape index (κ1) is 52.5. The van der Waals surface area contributed by atoms with Gasteiger partial charge in [-0.2, -0.15) is 0 Å². The van der Waals surface area contributed by atoms with E-state index in [0.717, 1.165) is 79.2 Å². The highest BCUT2D eigenvalue weighted by molar-refractivity contribution is 6.15. The van der Waals surface area contributed by atoms with Gasteiger partial charge in [0.1, 0.15) is 5.76 Å². The Morgan fingerprint density at radius 2 is 1.19 bits per heavy atom. The van der Waals surface area contributed by atoms with Gasteiger partial charge in [-0.15, -0.1) is 0 Å². The van der Waals surface area contributed by atoms with Crippen molar-refractivity contribution in [3.8, 4) is 0 Å². The van der Waals surface area contributed by atoms with Crippen LogP contribution in [0, 0.1) is 12.3 Å². The molecule has 0 unspecified atom stereocenters. The van der Waals surface area contributed by atoms with Crippen LogP contribution in [0.1, 0.15) is 125 Å².